The van der Waals surface area contributed by atoms with Gasteiger partial charge in [-0.2, -0.15) is 0 Å². The Hall–Kier alpha value is -0.900. The molecule has 16 heavy (non-hydrogen) atoms. The van der Waals surface area contributed by atoms with Gasteiger partial charge in [-0.3, -0.25) is 0 Å². The Balaban J connectivity index is 2.17. The summed E-state index contributed by atoms with van der Waals surface area (Å²) in [6, 6.07) is 10.2. The molecule has 1 aromatic carbocycles. The largest absolute Gasteiger partial charge is 0.396 e. The molecule has 0 saturated carbocycles. The third-order valence-corrected chi connectivity index (χ3v) is 3.11. The predicted molar refractivity (Wildman–Crippen MR) is 63.2 cm³/mol. The molecular formula is C13H19NO2. The molecule has 1 fully saturated rings. The SMILES string of the molecule is CN1CCOC(c2ccccc2)[C@@H](CO)C1. The third kappa shape index (κ3) is 2.61. The number of hydrogen-bond acceptors (Lipinski definition) is 3. The zero-order valence-corrected chi connectivity index (χ0v) is 9.67. The molecule has 3 heteroatoms. The molecule has 0 aromatic heterocycles. The summed E-state index contributed by atoms with van der Waals surface area (Å²) in [6.07, 6.45) is 0.0242. The smallest absolute Gasteiger partial charge is 0.0887 e. The molecule has 1 N–H and O–H groups in total. The molecule has 0 aliphatic carbocycles. The molecule has 0 amide bonds. The van der Waals surface area contributed by atoms with E-state index >= 15 is 0 Å². The van der Waals surface area contributed by atoms with Gasteiger partial charge in [-0.25, -0.2) is 0 Å². The van der Waals surface area contributed by atoms with Gasteiger partial charge in [0.05, 0.1) is 12.7 Å². The molecular weight excluding hydrogens is 202 g/mol. The summed E-state index contributed by atoms with van der Waals surface area (Å²) >= 11 is 0. The zero-order chi connectivity index (χ0) is 11.4. The van der Waals surface area contributed by atoms with Crippen LogP contribution in [0.4, 0.5) is 0 Å². The van der Waals surface area contributed by atoms with Crippen molar-refractivity contribution in [1.29, 1.82) is 0 Å². The molecule has 2 atom stereocenters. The van der Waals surface area contributed by atoms with Gasteiger partial charge in [0.1, 0.15) is 0 Å². The van der Waals surface area contributed by atoms with Crippen LogP contribution in [0, 0.1) is 5.92 Å². The van der Waals surface area contributed by atoms with E-state index in [2.05, 4.69) is 24.1 Å². The average molecular weight is 221 g/mol. The van der Waals surface area contributed by atoms with Gasteiger partial charge in [-0.15, -0.1) is 0 Å². The van der Waals surface area contributed by atoms with E-state index in [9.17, 15) is 5.11 Å². The lowest BCUT2D eigenvalue weighted by atomic mass is 9.96. The Morgan fingerprint density at radius 2 is 2.12 bits per heavy atom. The summed E-state index contributed by atoms with van der Waals surface area (Å²) in [5.74, 6) is 0.162. The lowest BCUT2D eigenvalue weighted by Crippen LogP contribution is -2.29. The van der Waals surface area contributed by atoms with Gasteiger partial charge in [-0.1, -0.05) is 30.3 Å². The van der Waals surface area contributed by atoms with Gasteiger partial charge in [0, 0.05) is 25.6 Å². The zero-order valence-electron chi connectivity index (χ0n) is 9.67. The first-order valence-corrected chi connectivity index (χ1v) is 5.77. The van der Waals surface area contributed by atoms with E-state index in [1.165, 1.54) is 0 Å². The summed E-state index contributed by atoms with van der Waals surface area (Å²) in [5.41, 5.74) is 1.16. The van der Waals surface area contributed by atoms with E-state index in [0.717, 1.165) is 25.3 Å². The monoisotopic (exact) mass is 221 g/mol. The molecule has 3 nitrogen and oxygen atoms in total. The van der Waals surface area contributed by atoms with Crippen molar-refractivity contribution in [3.05, 3.63) is 35.9 Å². The first kappa shape index (κ1) is 11.6. The maximum absolute atomic E-state index is 9.46. The Morgan fingerprint density at radius 1 is 1.38 bits per heavy atom. The maximum atomic E-state index is 9.46. The van der Waals surface area contributed by atoms with E-state index in [1.807, 2.05) is 18.2 Å². The van der Waals surface area contributed by atoms with Crippen molar-refractivity contribution < 1.29 is 9.84 Å². The number of aliphatic hydroxyl groups is 1. The molecule has 1 aromatic rings. The van der Waals surface area contributed by atoms with E-state index in [4.69, 9.17) is 4.74 Å². The van der Waals surface area contributed by atoms with Crippen molar-refractivity contribution in [2.45, 2.75) is 6.10 Å². The average Bonchev–Trinajstić information content (AvgIpc) is 2.51. The van der Waals surface area contributed by atoms with E-state index < -0.39 is 0 Å². The van der Waals surface area contributed by atoms with Gasteiger partial charge in [-0.05, 0) is 12.6 Å². The van der Waals surface area contributed by atoms with Crippen molar-refractivity contribution in [3.63, 3.8) is 0 Å². The Kier molecular flexibility index (Phi) is 3.93. The van der Waals surface area contributed by atoms with Crippen LogP contribution >= 0.6 is 0 Å². The summed E-state index contributed by atoms with van der Waals surface area (Å²) < 4.78 is 5.86. The van der Waals surface area contributed by atoms with Gasteiger partial charge < -0.3 is 14.7 Å². The van der Waals surface area contributed by atoms with Crippen molar-refractivity contribution in [3.8, 4) is 0 Å². The maximum Gasteiger partial charge on any atom is 0.0887 e. The minimum absolute atomic E-state index is 0.0242. The minimum Gasteiger partial charge on any atom is -0.396 e. The van der Waals surface area contributed by atoms with Crippen LogP contribution in [0.3, 0.4) is 0 Å². The molecule has 88 valence electrons. The van der Waals surface area contributed by atoms with Crippen molar-refractivity contribution in [2.75, 3.05) is 33.4 Å². The van der Waals surface area contributed by atoms with Crippen LogP contribution < -0.4 is 0 Å². The molecule has 1 aliphatic rings. The fourth-order valence-electron chi connectivity index (χ4n) is 2.22. The molecule has 0 spiro atoms. The lowest BCUT2D eigenvalue weighted by molar-refractivity contribution is 0.0114. The standard InChI is InChI=1S/C13H19NO2/c1-14-7-8-16-13(12(9-14)10-15)11-5-3-2-4-6-11/h2-6,12-13,15H,7-10H2,1H3/t12-,13?/m1/s1. The Bertz CT molecular complexity index is 315. The molecule has 1 aliphatic heterocycles. The number of aliphatic hydroxyl groups excluding tert-OH is 1. The minimum atomic E-state index is 0.0242. The normalized spacial score (nSPS) is 27.6. The second-order valence-corrected chi connectivity index (χ2v) is 4.41. The van der Waals surface area contributed by atoms with Gasteiger partial charge >= 0.3 is 0 Å². The van der Waals surface area contributed by atoms with Crippen LogP contribution in [0.1, 0.15) is 11.7 Å². The van der Waals surface area contributed by atoms with E-state index in [0.29, 0.717) is 0 Å². The number of rotatable bonds is 2. The highest BCUT2D eigenvalue weighted by atomic mass is 16.5. The molecule has 0 bridgehead atoms. The van der Waals surface area contributed by atoms with E-state index in [-0.39, 0.29) is 18.6 Å². The first-order chi connectivity index (χ1) is 7.81. The number of benzene rings is 1. The van der Waals surface area contributed by atoms with Crippen molar-refractivity contribution in [1.82, 2.24) is 4.90 Å². The number of nitrogens with zero attached hydrogens (tertiary/aromatic N) is 1. The second-order valence-electron chi connectivity index (χ2n) is 4.41. The van der Waals surface area contributed by atoms with Crippen LogP contribution in [0.5, 0.6) is 0 Å². The fourth-order valence-corrected chi connectivity index (χ4v) is 2.22. The van der Waals surface area contributed by atoms with Gasteiger partial charge in [0.25, 0.3) is 0 Å². The molecule has 1 heterocycles. The number of hydrogen-bond donors (Lipinski definition) is 1. The molecule has 1 unspecified atom stereocenters. The number of likely N-dealkylation sites (N-methyl/N-ethyl adjacent to an activating group) is 1. The van der Waals surface area contributed by atoms with Gasteiger partial charge in [0.2, 0.25) is 0 Å². The summed E-state index contributed by atoms with van der Waals surface area (Å²) in [4.78, 5) is 2.21. The second kappa shape index (κ2) is 5.43. The topological polar surface area (TPSA) is 32.7 Å². The quantitative estimate of drug-likeness (QED) is 0.817. The highest BCUT2D eigenvalue weighted by Gasteiger charge is 2.27. The third-order valence-electron chi connectivity index (χ3n) is 3.11. The summed E-state index contributed by atoms with van der Waals surface area (Å²) in [5, 5.41) is 9.46. The highest BCUT2D eigenvalue weighted by molar-refractivity contribution is 5.18. The predicted octanol–water partition coefficient (Wildman–Crippen LogP) is 1.30. The fraction of sp³-hybridized carbons (Fsp3) is 0.538. The van der Waals surface area contributed by atoms with Crippen molar-refractivity contribution in [2.24, 2.45) is 5.92 Å². The Morgan fingerprint density at radius 3 is 2.81 bits per heavy atom. The van der Waals surface area contributed by atoms with Crippen LogP contribution in [-0.4, -0.2) is 43.4 Å². The highest BCUT2D eigenvalue weighted by Crippen LogP contribution is 2.28. The molecule has 1 saturated heterocycles. The van der Waals surface area contributed by atoms with E-state index in [1.54, 1.807) is 0 Å². The van der Waals surface area contributed by atoms with Gasteiger partial charge in [0.15, 0.2) is 0 Å². The van der Waals surface area contributed by atoms with Crippen LogP contribution in [0.2, 0.25) is 0 Å². The summed E-state index contributed by atoms with van der Waals surface area (Å²) in [7, 11) is 2.07. The van der Waals surface area contributed by atoms with Crippen molar-refractivity contribution >= 4 is 0 Å². The first-order valence-electron chi connectivity index (χ1n) is 5.77. The molecule has 0 radical (unpaired) electrons. The lowest BCUT2D eigenvalue weighted by Gasteiger charge is -2.24. The Labute approximate surface area is 96.6 Å². The molecule has 2 rings (SSSR count). The number of ether oxygens (including phenoxy) is 1. The van der Waals surface area contributed by atoms with Crippen LogP contribution in [0.25, 0.3) is 0 Å². The summed E-state index contributed by atoms with van der Waals surface area (Å²) in [6.45, 7) is 2.71. The van der Waals surface area contributed by atoms with Crippen LogP contribution in [0.15, 0.2) is 30.3 Å². The van der Waals surface area contributed by atoms with Crippen LogP contribution in [-0.2, 0) is 4.74 Å².